The first-order chi connectivity index (χ1) is 12.3. The first-order valence-corrected chi connectivity index (χ1v) is 8.83. The molecule has 0 saturated heterocycles. The topological polar surface area (TPSA) is 56.4 Å². The average molecular weight is 354 g/mol. The molecule has 3 aromatic rings. The molecule has 1 aromatic heterocycles. The fraction of sp³-hybridized carbons (Fsp3) is 0.381. The fourth-order valence-corrected chi connectivity index (χ4v) is 3.05. The van der Waals surface area contributed by atoms with Crippen molar-refractivity contribution in [3.8, 4) is 5.75 Å². The molecule has 26 heavy (non-hydrogen) atoms. The summed E-state index contributed by atoms with van der Waals surface area (Å²) < 4.78 is 8.87. The van der Waals surface area contributed by atoms with Gasteiger partial charge in [-0.25, -0.2) is 4.79 Å². The van der Waals surface area contributed by atoms with E-state index in [1.807, 2.05) is 48.5 Å². The molecule has 0 radical (unpaired) electrons. The van der Waals surface area contributed by atoms with Crippen molar-refractivity contribution in [1.29, 1.82) is 0 Å². The monoisotopic (exact) mass is 354 g/mol. The molecular weight excluding hydrogens is 328 g/mol. The Morgan fingerprint density at radius 2 is 1.65 bits per heavy atom. The number of aliphatic hydroxyl groups excluding tert-OH is 1. The number of benzene rings is 2. The molecule has 5 nitrogen and oxygen atoms in total. The van der Waals surface area contributed by atoms with E-state index in [1.54, 1.807) is 16.2 Å². The van der Waals surface area contributed by atoms with Crippen molar-refractivity contribution >= 4 is 11.0 Å². The smallest absolute Gasteiger partial charge is 0.328 e. The van der Waals surface area contributed by atoms with Crippen LogP contribution in [0.15, 0.2) is 53.3 Å². The normalized spacial score (nSPS) is 13.1. The highest BCUT2D eigenvalue weighted by molar-refractivity contribution is 5.75. The van der Waals surface area contributed by atoms with E-state index in [9.17, 15) is 9.90 Å². The van der Waals surface area contributed by atoms with Crippen LogP contribution in [0.3, 0.4) is 0 Å². The molecule has 0 spiro atoms. The van der Waals surface area contributed by atoms with Gasteiger partial charge >= 0.3 is 5.69 Å². The lowest BCUT2D eigenvalue weighted by Gasteiger charge is -2.19. The minimum Gasteiger partial charge on any atom is -0.491 e. The number of nitrogens with zero attached hydrogens (tertiary/aromatic N) is 2. The third-order valence-corrected chi connectivity index (χ3v) is 4.61. The summed E-state index contributed by atoms with van der Waals surface area (Å²) in [6.45, 7) is 6.81. The maximum atomic E-state index is 12.4. The van der Waals surface area contributed by atoms with Crippen LogP contribution in [0.4, 0.5) is 0 Å². The van der Waals surface area contributed by atoms with Crippen LogP contribution in [-0.2, 0) is 19.0 Å². The number of fused-ring (bicyclic) bond motifs is 1. The zero-order valence-electron chi connectivity index (χ0n) is 15.8. The second-order valence-corrected chi connectivity index (χ2v) is 7.68. The highest BCUT2D eigenvalue weighted by Crippen LogP contribution is 2.24. The van der Waals surface area contributed by atoms with E-state index in [0.29, 0.717) is 5.75 Å². The summed E-state index contributed by atoms with van der Waals surface area (Å²) in [5.74, 6) is 0.710. The second-order valence-electron chi connectivity index (χ2n) is 7.68. The molecule has 1 unspecified atom stereocenters. The van der Waals surface area contributed by atoms with Crippen molar-refractivity contribution in [3.63, 3.8) is 0 Å². The van der Waals surface area contributed by atoms with Gasteiger partial charge < -0.3 is 9.84 Å². The van der Waals surface area contributed by atoms with Crippen LogP contribution < -0.4 is 10.4 Å². The van der Waals surface area contributed by atoms with Gasteiger partial charge in [0, 0.05) is 7.05 Å². The molecule has 1 heterocycles. The number of para-hydroxylation sites is 2. The molecule has 2 aromatic carbocycles. The van der Waals surface area contributed by atoms with E-state index in [2.05, 4.69) is 20.8 Å². The van der Waals surface area contributed by atoms with Crippen LogP contribution in [0.25, 0.3) is 11.0 Å². The van der Waals surface area contributed by atoms with Gasteiger partial charge in [0.1, 0.15) is 18.5 Å². The number of aliphatic hydroxyl groups is 1. The SMILES string of the molecule is Cn1c(=O)n(CC(O)COc2ccc(C(C)(C)C)cc2)c2ccccc21. The van der Waals surface area contributed by atoms with Gasteiger partial charge in [-0.1, -0.05) is 45.0 Å². The minimum absolute atomic E-state index is 0.0908. The Bertz CT molecular complexity index is 946. The van der Waals surface area contributed by atoms with Gasteiger partial charge in [0.2, 0.25) is 0 Å². The lowest BCUT2D eigenvalue weighted by atomic mass is 9.87. The Morgan fingerprint density at radius 1 is 1.04 bits per heavy atom. The largest absolute Gasteiger partial charge is 0.491 e. The van der Waals surface area contributed by atoms with Crippen LogP contribution >= 0.6 is 0 Å². The van der Waals surface area contributed by atoms with Gasteiger partial charge in [-0.15, -0.1) is 0 Å². The molecule has 0 bridgehead atoms. The summed E-state index contributed by atoms with van der Waals surface area (Å²) in [5.41, 5.74) is 2.84. The van der Waals surface area contributed by atoms with Crippen molar-refractivity contribution < 1.29 is 9.84 Å². The first-order valence-electron chi connectivity index (χ1n) is 8.83. The maximum absolute atomic E-state index is 12.4. The predicted octanol–water partition coefficient (Wildman–Crippen LogP) is 3.08. The molecule has 138 valence electrons. The molecule has 1 N–H and O–H groups in total. The lowest BCUT2D eigenvalue weighted by molar-refractivity contribution is 0.0925. The Balaban J connectivity index is 1.68. The molecule has 0 aliphatic rings. The number of hydrogen-bond acceptors (Lipinski definition) is 3. The number of imidazole rings is 1. The number of aryl methyl sites for hydroxylation is 1. The van der Waals surface area contributed by atoms with Crippen LogP contribution in [0.2, 0.25) is 0 Å². The van der Waals surface area contributed by atoms with Crippen LogP contribution in [-0.4, -0.2) is 27.0 Å². The van der Waals surface area contributed by atoms with Gasteiger partial charge in [-0.3, -0.25) is 9.13 Å². The van der Waals surface area contributed by atoms with Gasteiger partial charge in [-0.2, -0.15) is 0 Å². The molecule has 0 aliphatic heterocycles. The molecule has 0 fully saturated rings. The van der Waals surface area contributed by atoms with Crippen LogP contribution in [0, 0.1) is 0 Å². The number of rotatable bonds is 5. The summed E-state index contributed by atoms with van der Waals surface area (Å²) in [6, 6.07) is 15.5. The third kappa shape index (κ3) is 3.68. The Labute approximate surface area is 153 Å². The summed E-state index contributed by atoms with van der Waals surface area (Å²) in [6.07, 6.45) is -0.777. The highest BCUT2D eigenvalue weighted by Gasteiger charge is 2.15. The Kier molecular flexibility index (Phi) is 4.92. The zero-order valence-corrected chi connectivity index (χ0v) is 15.8. The molecule has 0 amide bonds. The molecule has 1 atom stereocenters. The summed E-state index contributed by atoms with van der Waals surface area (Å²) >= 11 is 0. The molecule has 0 saturated carbocycles. The number of ether oxygens (including phenoxy) is 1. The van der Waals surface area contributed by atoms with E-state index in [-0.39, 0.29) is 24.3 Å². The Hall–Kier alpha value is -2.53. The average Bonchev–Trinajstić information content (AvgIpc) is 2.85. The van der Waals surface area contributed by atoms with Gasteiger partial charge in [0.05, 0.1) is 17.6 Å². The minimum atomic E-state index is -0.777. The van der Waals surface area contributed by atoms with Gasteiger partial charge in [0.15, 0.2) is 0 Å². The van der Waals surface area contributed by atoms with Crippen LogP contribution in [0.5, 0.6) is 5.75 Å². The molecule has 3 rings (SSSR count). The number of aromatic nitrogens is 2. The van der Waals surface area contributed by atoms with Crippen molar-refractivity contribution in [2.24, 2.45) is 7.05 Å². The third-order valence-electron chi connectivity index (χ3n) is 4.61. The number of hydrogen-bond donors (Lipinski definition) is 1. The second kappa shape index (κ2) is 7.00. The maximum Gasteiger partial charge on any atom is 0.328 e. The van der Waals surface area contributed by atoms with Gasteiger partial charge in [0.25, 0.3) is 0 Å². The van der Waals surface area contributed by atoms with E-state index >= 15 is 0 Å². The zero-order chi connectivity index (χ0) is 18.9. The van der Waals surface area contributed by atoms with Crippen molar-refractivity contribution in [2.45, 2.75) is 38.8 Å². The van der Waals surface area contributed by atoms with Crippen molar-refractivity contribution in [3.05, 3.63) is 64.6 Å². The van der Waals surface area contributed by atoms with E-state index in [1.165, 1.54) is 5.56 Å². The van der Waals surface area contributed by atoms with Crippen molar-refractivity contribution in [2.75, 3.05) is 6.61 Å². The lowest BCUT2D eigenvalue weighted by Crippen LogP contribution is -2.30. The molecular formula is C21H26N2O3. The van der Waals surface area contributed by atoms with Gasteiger partial charge in [-0.05, 0) is 35.2 Å². The summed E-state index contributed by atoms with van der Waals surface area (Å²) in [4.78, 5) is 12.4. The quantitative estimate of drug-likeness (QED) is 0.766. The van der Waals surface area contributed by atoms with E-state index in [0.717, 1.165) is 11.0 Å². The Morgan fingerprint density at radius 3 is 2.27 bits per heavy atom. The summed E-state index contributed by atoms with van der Waals surface area (Å²) in [5, 5.41) is 10.3. The highest BCUT2D eigenvalue weighted by atomic mass is 16.5. The first kappa shape index (κ1) is 18.3. The predicted molar refractivity (Wildman–Crippen MR) is 104 cm³/mol. The van der Waals surface area contributed by atoms with E-state index in [4.69, 9.17) is 4.74 Å². The summed E-state index contributed by atoms with van der Waals surface area (Å²) in [7, 11) is 1.74. The van der Waals surface area contributed by atoms with Crippen LogP contribution in [0.1, 0.15) is 26.3 Å². The van der Waals surface area contributed by atoms with Crippen molar-refractivity contribution in [1.82, 2.24) is 9.13 Å². The molecule has 5 heteroatoms. The fourth-order valence-electron chi connectivity index (χ4n) is 3.05. The molecule has 0 aliphatic carbocycles. The standard InChI is InChI=1S/C21H26N2O3/c1-21(2,3)15-9-11-17(12-10-15)26-14-16(24)13-23-19-8-6-5-7-18(19)22(4)20(23)25/h5-12,16,24H,13-14H2,1-4H3. The van der Waals surface area contributed by atoms with E-state index < -0.39 is 6.10 Å².